The third kappa shape index (κ3) is 2.67. The standard InChI is InChI=1S/C14H19N2O/c1-2-3-6-10-16-13-8-5-4-7-12(13)15-14(16)9-11-17/h4-5,7-8H,2-3,6,9-11H2,1H3. The Morgan fingerprint density at radius 2 is 2.06 bits per heavy atom. The molecule has 0 bridgehead atoms. The van der Waals surface area contributed by atoms with E-state index in [1.54, 1.807) is 0 Å². The molecule has 0 amide bonds. The SMILES string of the molecule is CCCCCn1c(CC[O])nc2ccccc21. The fourth-order valence-electron chi connectivity index (χ4n) is 2.18. The highest BCUT2D eigenvalue weighted by Gasteiger charge is 2.09. The van der Waals surface area contributed by atoms with E-state index in [1.165, 1.54) is 12.8 Å². The van der Waals surface area contributed by atoms with E-state index in [9.17, 15) is 5.11 Å². The summed E-state index contributed by atoms with van der Waals surface area (Å²) in [5, 5.41) is 10.8. The number of rotatable bonds is 6. The van der Waals surface area contributed by atoms with E-state index in [0.29, 0.717) is 6.42 Å². The first-order valence-corrected chi connectivity index (χ1v) is 6.39. The minimum atomic E-state index is -0.0862. The molecule has 1 radical (unpaired) electrons. The van der Waals surface area contributed by atoms with Crippen LogP contribution >= 0.6 is 0 Å². The summed E-state index contributed by atoms with van der Waals surface area (Å²) < 4.78 is 2.21. The summed E-state index contributed by atoms with van der Waals surface area (Å²) in [6.07, 6.45) is 4.12. The van der Waals surface area contributed by atoms with Gasteiger partial charge in [-0.25, -0.2) is 10.1 Å². The van der Waals surface area contributed by atoms with E-state index < -0.39 is 0 Å². The highest BCUT2D eigenvalue weighted by Crippen LogP contribution is 2.17. The van der Waals surface area contributed by atoms with E-state index in [4.69, 9.17) is 0 Å². The van der Waals surface area contributed by atoms with Crippen LogP contribution in [0.25, 0.3) is 11.0 Å². The van der Waals surface area contributed by atoms with Gasteiger partial charge in [0.25, 0.3) is 0 Å². The van der Waals surface area contributed by atoms with Crippen molar-refractivity contribution in [1.82, 2.24) is 9.55 Å². The van der Waals surface area contributed by atoms with Gasteiger partial charge in [0, 0.05) is 13.0 Å². The predicted molar refractivity (Wildman–Crippen MR) is 68.5 cm³/mol. The Balaban J connectivity index is 2.30. The first kappa shape index (κ1) is 12.1. The predicted octanol–water partition coefficient (Wildman–Crippen LogP) is 3.20. The molecular weight excluding hydrogens is 212 g/mol. The average molecular weight is 231 g/mol. The Labute approximate surface area is 102 Å². The first-order chi connectivity index (χ1) is 8.36. The second-order valence-corrected chi connectivity index (χ2v) is 4.33. The minimum Gasteiger partial charge on any atom is -0.328 e. The van der Waals surface area contributed by atoms with Gasteiger partial charge in [-0.1, -0.05) is 31.9 Å². The lowest BCUT2D eigenvalue weighted by molar-refractivity contribution is 0.194. The molecule has 1 aromatic carbocycles. The summed E-state index contributed by atoms with van der Waals surface area (Å²) in [6.45, 7) is 3.09. The van der Waals surface area contributed by atoms with Crippen LogP contribution < -0.4 is 0 Å². The van der Waals surface area contributed by atoms with Crippen LogP contribution in [0.15, 0.2) is 24.3 Å². The first-order valence-electron chi connectivity index (χ1n) is 6.39. The lowest BCUT2D eigenvalue weighted by Crippen LogP contribution is -2.05. The number of imidazole rings is 1. The second-order valence-electron chi connectivity index (χ2n) is 4.33. The lowest BCUT2D eigenvalue weighted by Gasteiger charge is -2.07. The van der Waals surface area contributed by atoms with Crippen molar-refractivity contribution in [2.45, 2.75) is 39.2 Å². The zero-order chi connectivity index (χ0) is 12.1. The Kier molecular flexibility index (Phi) is 4.15. The Morgan fingerprint density at radius 1 is 1.24 bits per heavy atom. The number of para-hydroxylation sites is 2. The monoisotopic (exact) mass is 231 g/mol. The zero-order valence-electron chi connectivity index (χ0n) is 10.4. The summed E-state index contributed by atoms with van der Waals surface area (Å²) in [5.74, 6) is 0.942. The number of hydrogen-bond donors (Lipinski definition) is 0. The van der Waals surface area contributed by atoms with E-state index in [1.807, 2.05) is 18.2 Å². The van der Waals surface area contributed by atoms with Crippen molar-refractivity contribution in [3.8, 4) is 0 Å². The number of fused-ring (bicyclic) bond motifs is 1. The summed E-state index contributed by atoms with van der Waals surface area (Å²) in [6, 6.07) is 8.12. The lowest BCUT2D eigenvalue weighted by atomic mass is 10.2. The van der Waals surface area contributed by atoms with Gasteiger partial charge < -0.3 is 4.57 Å². The number of unbranched alkanes of at least 4 members (excludes halogenated alkanes) is 2. The molecule has 0 aliphatic heterocycles. The number of benzene rings is 1. The van der Waals surface area contributed by atoms with Crippen molar-refractivity contribution in [2.24, 2.45) is 0 Å². The molecular formula is C14H19N2O. The molecule has 2 aromatic rings. The Bertz CT molecular complexity index is 476. The van der Waals surface area contributed by atoms with Crippen LogP contribution in [0.5, 0.6) is 0 Å². The van der Waals surface area contributed by atoms with Gasteiger partial charge in [-0.05, 0) is 18.6 Å². The van der Waals surface area contributed by atoms with Crippen LogP contribution in [0.2, 0.25) is 0 Å². The number of aryl methyl sites for hydroxylation is 1. The highest BCUT2D eigenvalue weighted by atomic mass is 16.3. The van der Waals surface area contributed by atoms with Gasteiger partial charge in [0.05, 0.1) is 17.6 Å². The van der Waals surface area contributed by atoms with Crippen molar-refractivity contribution in [1.29, 1.82) is 0 Å². The number of nitrogens with zero attached hydrogens (tertiary/aromatic N) is 2. The number of aromatic nitrogens is 2. The largest absolute Gasteiger partial charge is 0.328 e. The average Bonchev–Trinajstić information content (AvgIpc) is 2.69. The molecule has 0 fully saturated rings. The summed E-state index contributed by atoms with van der Waals surface area (Å²) in [7, 11) is 0. The van der Waals surface area contributed by atoms with E-state index in [2.05, 4.69) is 22.5 Å². The maximum absolute atomic E-state index is 10.8. The van der Waals surface area contributed by atoms with Gasteiger partial charge in [-0.3, -0.25) is 0 Å². The molecule has 0 atom stereocenters. The molecule has 0 N–H and O–H groups in total. The van der Waals surface area contributed by atoms with Crippen molar-refractivity contribution < 1.29 is 5.11 Å². The van der Waals surface area contributed by atoms with Gasteiger partial charge in [0.15, 0.2) is 0 Å². The molecule has 2 rings (SSSR count). The van der Waals surface area contributed by atoms with Crippen LogP contribution in [0.4, 0.5) is 0 Å². The highest BCUT2D eigenvalue weighted by molar-refractivity contribution is 5.75. The molecule has 1 aromatic heterocycles. The van der Waals surface area contributed by atoms with Crippen LogP contribution in [0, 0.1) is 0 Å². The fraction of sp³-hybridized carbons (Fsp3) is 0.500. The maximum Gasteiger partial charge on any atom is 0.112 e. The van der Waals surface area contributed by atoms with E-state index >= 15 is 0 Å². The Morgan fingerprint density at radius 3 is 2.82 bits per heavy atom. The molecule has 3 nitrogen and oxygen atoms in total. The smallest absolute Gasteiger partial charge is 0.112 e. The maximum atomic E-state index is 10.8. The molecule has 0 spiro atoms. The van der Waals surface area contributed by atoms with Gasteiger partial charge >= 0.3 is 0 Å². The van der Waals surface area contributed by atoms with Crippen molar-refractivity contribution in [3.63, 3.8) is 0 Å². The van der Waals surface area contributed by atoms with E-state index in [-0.39, 0.29) is 6.61 Å². The molecule has 0 saturated heterocycles. The Hall–Kier alpha value is -1.35. The van der Waals surface area contributed by atoms with Crippen LogP contribution in [-0.4, -0.2) is 16.2 Å². The molecule has 91 valence electrons. The summed E-state index contributed by atoms with van der Waals surface area (Å²) in [5.41, 5.74) is 2.17. The fourth-order valence-corrected chi connectivity index (χ4v) is 2.18. The summed E-state index contributed by atoms with van der Waals surface area (Å²) >= 11 is 0. The van der Waals surface area contributed by atoms with Crippen LogP contribution in [-0.2, 0) is 18.1 Å². The van der Waals surface area contributed by atoms with Crippen LogP contribution in [0.1, 0.15) is 32.0 Å². The third-order valence-electron chi connectivity index (χ3n) is 3.04. The quantitative estimate of drug-likeness (QED) is 0.703. The van der Waals surface area contributed by atoms with Gasteiger partial charge in [0.1, 0.15) is 5.82 Å². The summed E-state index contributed by atoms with van der Waals surface area (Å²) in [4.78, 5) is 4.54. The molecule has 3 heteroatoms. The van der Waals surface area contributed by atoms with Crippen molar-refractivity contribution >= 4 is 11.0 Å². The van der Waals surface area contributed by atoms with Gasteiger partial charge in [-0.2, -0.15) is 0 Å². The molecule has 1 heterocycles. The molecule has 0 unspecified atom stereocenters. The molecule has 0 aliphatic rings. The molecule has 0 saturated carbocycles. The van der Waals surface area contributed by atoms with Gasteiger partial charge in [0.2, 0.25) is 0 Å². The molecule has 0 aliphatic carbocycles. The number of hydrogen-bond acceptors (Lipinski definition) is 1. The van der Waals surface area contributed by atoms with Gasteiger partial charge in [-0.15, -0.1) is 0 Å². The van der Waals surface area contributed by atoms with E-state index in [0.717, 1.165) is 29.8 Å². The topological polar surface area (TPSA) is 37.7 Å². The van der Waals surface area contributed by atoms with Crippen LogP contribution in [0.3, 0.4) is 0 Å². The molecule has 17 heavy (non-hydrogen) atoms. The van der Waals surface area contributed by atoms with Crippen molar-refractivity contribution in [2.75, 3.05) is 6.61 Å². The minimum absolute atomic E-state index is 0.0862. The second kappa shape index (κ2) is 5.82. The third-order valence-corrected chi connectivity index (χ3v) is 3.04. The zero-order valence-corrected chi connectivity index (χ0v) is 10.4. The normalized spacial score (nSPS) is 11.2. The van der Waals surface area contributed by atoms with Crippen molar-refractivity contribution in [3.05, 3.63) is 30.1 Å².